The van der Waals surface area contributed by atoms with Crippen molar-refractivity contribution >= 4 is 28.9 Å². The Morgan fingerprint density at radius 2 is 1.93 bits per heavy atom. The van der Waals surface area contributed by atoms with Crippen molar-refractivity contribution in [3.05, 3.63) is 118 Å². The van der Waals surface area contributed by atoms with Crippen LogP contribution in [0.5, 0.6) is 0 Å². The maximum absolute atomic E-state index is 14.8. The number of nitrogens with zero attached hydrogens (tertiary/aromatic N) is 6. The number of thiophene rings is 1. The van der Waals surface area contributed by atoms with Gasteiger partial charge in [0.15, 0.2) is 5.82 Å². The van der Waals surface area contributed by atoms with Gasteiger partial charge in [0.25, 0.3) is 0 Å². The van der Waals surface area contributed by atoms with Crippen LogP contribution in [0.15, 0.2) is 84.8 Å². The molecule has 4 heterocycles. The van der Waals surface area contributed by atoms with E-state index in [1.165, 1.54) is 17.9 Å². The number of benzene rings is 2. The monoisotopic (exact) mass is 571 g/mol. The number of aromatic carboxylic acids is 1. The Morgan fingerprint density at radius 1 is 1.07 bits per heavy atom. The Hall–Kier alpha value is -4.74. The third-order valence-corrected chi connectivity index (χ3v) is 7.61. The lowest BCUT2D eigenvalue weighted by molar-refractivity contribution is 0.0698. The molecule has 0 unspecified atom stereocenters. The van der Waals surface area contributed by atoms with Crippen LogP contribution in [0, 0.1) is 5.82 Å². The Morgan fingerprint density at radius 3 is 2.62 bits per heavy atom. The summed E-state index contributed by atoms with van der Waals surface area (Å²) in [6.45, 7) is 0. The number of carbonyl (C=O) groups is 1. The van der Waals surface area contributed by atoms with Gasteiger partial charge in [0, 0.05) is 33.3 Å². The van der Waals surface area contributed by atoms with Crippen LogP contribution in [0.25, 0.3) is 28.1 Å². The van der Waals surface area contributed by atoms with Crippen LogP contribution < -0.4 is 0 Å². The van der Waals surface area contributed by atoms with Gasteiger partial charge in [-0.3, -0.25) is 4.98 Å². The minimum absolute atomic E-state index is 0.166. The lowest BCUT2D eigenvalue weighted by Gasteiger charge is -2.16. The quantitative estimate of drug-likeness (QED) is 0.228. The Balaban J connectivity index is 1.38. The van der Waals surface area contributed by atoms with Crippen LogP contribution in [0.4, 0.5) is 4.39 Å². The number of carboxylic acid groups (broad SMARTS) is 1. The first kappa shape index (κ1) is 25.5. The molecule has 0 aliphatic rings. The van der Waals surface area contributed by atoms with E-state index in [2.05, 4.69) is 25.5 Å². The van der Waals surface area contributed by atoms with E-state index < -0.39 is 11.8 Å². The highest BCUT2D eigenvalue weighted by atomic mass is 35.5. The molecule has 0 radical (unpaired) electrons. The number of imidazole rings is 1. The van der Waals surface area contributed by atoms with Crippen molar-refractivity contribution in [3.8, 4) is 28.1 Å². The largest absolute Gasteiger partial charge is 0.477 e. The molecule has 198 valence electrons. The third kappa shape index (κ3) is 4.99. The van der Waals surface area contributed by atoms with Crippen LogP contribution in [-0.2, 0) is 6.42 Å². The van der Waals surface area contributed by atoms with Crippen LogP contribution in [-0.4, -0.2) is 46.2 Å². The molecule has 12 heteroatoms. The summed E-state index contributed by atoms with van der Waals surface area (Å²) in [4.78, 5) is 23.5. The topological polar surface area (TPSA) is 122 Å². The highest BCUT2D eigenvalue weighted by Crippen LogP contribution is 2.34. The van der Waals surface area contributed by atoms with E-state index in [-0.39, 0.29) is 16.4 Å². The van der Waals surface area contributed by atoms with E-state index in [0.29, 0.717) is 23.0 Å². The predicted octanol–water partition coefficient (Wildman–Crippen LogP) is 6.04. The molecule has 0 saturated heterocycles. The van der Waals surface area contributed by atoms with Gasteiger partial charge in [-0.1, -0.05) is 48.0 Å². The molecule has 0 bridgehead atoms. The van der Waals surface area contributed by atoms with E-state index in [1.54, 1.807) is 16.9 Å². The van der Waals surface area contributed by atoms with Gasteiger partial charge in [-0.05, 0) is 46.7 Å². The fraction of sp³-hybridized carbons (Fsp3) is 0.0714. The average molecular weight is 572 g/mol. The van der Waals surface area contributed by atoms with Gasteiger partial charge in [0.2, 0.25) is 0 Å². The molecule has 2 aromatic carbocycles. The van der Waals surface area contributed by atoms with Gasteiger partial charge >= 0.3 is 5.97 Å². The van der Waals surface area contributed by atoms with Crippen molar-refractivity contribution in [2.24, 2.45) is 0 Å². The molecule has 6 aromatic rings. The molecule has 4 aromatic heterocycles. The first-order valence-electron chi connectivity index (χ1n) is 12.1. The summed E-state index contributed by atoms with van der Waals surface area (Å²) in [6, 6.07) is 19.2. The number of tetrazole rings is 1. The van der Waals surface area contributed by atoms with E-state index in [1.807, 2.05) is 54.6 Å². The molecule has 2 N–H and O–H groups in total. The van der Waals surface area contributed by atoms with E-state index in [4.69, 9.17) is 16.6 Å². The number of aromatic nitrogens is 7. The summed E-state index contributed by atoms with van der Waals surface area (Å²) >= 11 is 7.15. The van der Waals surface area contributed by atoms with E-state index in [9.17, 15) is 14.3 Å². The number of hydrogen-bond donors (Lipinski definition) is 2. The van der Waals surface area contributed by atoms with Gasteiger partial charge in [-0.2, -0.15) is 4.68 Å². The van der Waals surface area contributed by atoms with Crippen molar-refractivity contribution in [3.63, 3.8) is 0 Å². The Bertz CT molecular complexity index is 1790. The summed E-state index contributed by atoms with van der Waals surface area (Å²) in [5.74, 6) is -1.79. The Labute approximate surface area is 236 Å². The van der Waals surface area contributed by atoms with Crippen LogP contribution >= 0.6 is 22.9 Å². The summed E-state index contributed by atoms with van der Waals surface area (Å²) < 4.78 is 16.3. The summed E-state index contributed by atoms with van der Waals surface area (Å²) in [6.07, 6.45) is 5.37. The molecular weight excluding hydrogens is 553 g/mol. The number of pyridine rings is 1. The van der Waals surface area contributed by atoms with Gasteiger partial charge in [-0.15, -0.1) is 16.4 Å². The third-order valence-electron chi connectivity index (χ3n) is 6.43. The molecule has 0 aliphatic carbocycles. The number of rotatable bonds is 8. The summed E-state index contributed by atoms with van der Waals surface area (Å²) in [5.41, 5.74) is 4.75. The number of aromatic amines is 1. The van der Waals surface area contributed by atoms with Crippen molar-refractivity contribution in [2.45, 2.75) is 12.3 Å². The van der Waals surface area contributed by atoms with E-state index >= 15 is 0 Å². The maximum atomic E-state index is 14.8. The number of carboxylic acids is 1. The maximum Gasteiger partial charge on any atom is 0.348 e. The molecule has 0 spiro atoms. The Kier molecular flexibility index (Phi) is 6.89. The smallest absolute Gasteiger partial charge is 0.348 e. The lowest BCUT2D eigenvalue weighted by atomic mass is 9.94. The fourth-order valence-corrected chi connectivity index (χ4v) is 5.45. The molecule has 0 saturated carbocycles. The van der Waals surface area contributed by atoms with Crippen LogP contribution in [0.2, 0.25) is 5.02 Å². The predicted molar refractivity (Wildman–Crippen MR) is 148 cm³/mol. The van der Waals surface area contributed by atoms with E-state index in [0.717, 1.165) is 39.4 Å². The fourth-order valence-electron chi connectivity index (χ4n) is 4.49. The second-order valence-corrected chi connectivity index (χ2v) is 10.2. The zero-order valence-electron chi connectivity index (χ0n) is 20.6. The average Bonchev–Trinajstić information content (AvgIpc) is 3.74. The zero-order chi connectivity index (χ0) is 27.6. The zero-order valence-corrected chi connectivity index (χ0v) is 22.1. The number of nitrogens with one attached hydrogen (secondary N) is 1. The van der Waals surface area contributed by atoms with Gasteiger partial charge < -0.3 is 10.1 Å². The standard InChI is InChI=1S/C28H19ClFN7O2S/c29-18-7-9-24(37-15-33-35-36-37)19(11-18)17-6-8-22(31-12-17)20(10-16-4-2-1-3-5-16)27-32-13-23(34-27)21-14-40-26(25(21)30)28(38)39/h1-9,11-15,20H,10H2,(H,32,34)(H,38,39)/t20-/m0/s1. The summed E-state index contributed by atoms with van der Waals surface area (Å²) in [5, 5.41) is 22.7. The molecule has 0 fully saturated rings. The van der Waals surface area contributed by atoms with Gasteiger partial charge in [-0.25, -0.2) is 14.2 Å². The molecule has 0 aliphatic heterocycles. The first-order valence-corrected chi connectivity index (χ1v) is 13.3. The summed E-state index contributed by atoms with van der Waals surface area (Å²) in [7, 11) is 0. The lowest BCUT2D eigenvalue weighted by Crippen LogP contribution is -2.09. The normalized spacial score (nSPS) is 11.9. The van der Waals surface area contributed by atoms with Crippen LogP contribution in [0.1, 0.15) is 32.7 Å². The molecule has 1 atom stereocenters. The second-order valence-electron chi connectivity index (χ2n) is 8.91. The van der Waals surface area contributed by atoms with Crippen LogP contribution in [0.3, 0.4) is 0 Å². The van der Waals surface area contributed by atoms with Crippen molar-refractivity contribution in [2.75, 3.05) is 0 Å². The first-order chi connectivity index (χ1) is 19.5. The second kappa shape index (κ2) is 10.8. The molecule has 0 amide bonds. The van der Waals surface area contributed by atoms with Crippen molar-refractivity contribution in [1.29, 1.82) is 0 Å². The SMILES string of the molecule is O=C(O)c1scc(-c2cnc([C@@H](Cc3ccccc3)c3ccc(-c4cc(Cl)ccc4-n4cnnn4)cn3)[nH]2)c1F. The molecular formula is C28H19ClFN7O2S. The van der Waals surface area contributed by atoms with Crippen molar-refractivity contribution in [1.82, 2.24) is 35.2 Å². The van der Waals surface area contributed by atoms with Gasteiger partial charge in [0.05, 0.1) is 29.2 Å². The number of halogens is 2. The van der Waals surface area contributed by atoms with Gasteiger partial charge in [0.1, 0.15) is 17.0 Å². The minimum atomic E-state index is -1.30. The molecule has 6 rings (SSSR count). The molecule has 9 nitrogen and oxygen atoms in total. The number of H-pyrrole nitrogens is 1. The minimum Gasteiger partial charge on any atom is -0.477 e. The number of hydrogen-bond acceptors (Lipinski definition) is 7. The highest BCUT2D eigenvalue weighted by molar-refractivity contribution is 7.12. The highest BCUT2D eigenvalue weighted by Gasteiger charge is 2.24. The molecule has 40 heavy (non-hydrogen) atoms. The van der Waals surface area contributed by atoms with Crippen molar-refractivity contribution < 1.29 is 14.3 Å².